The molecule has 0 bridgehead atoms. The van der Waals surface area contributed by atoms with E-state index < -0.39 is 10.0 Å². The minimum Gasteiger partial charge on any atom is -0.371 e. The van der Waals surface area contributed by atoms with Crippen molar-refractivity contribution in [2.24, 2.45) is 0 Å². The first kappa shape index (κ1) is 13.5. The number of rotatable bonds is 5. The average Bonchev–Trinajstić information content (AvgIpc) is 3.12. The second-order valence-corrected chi connectivity index (χ2v) is 5.88. The Kier molecular flexibility index (Phi) is 3.31. The lowest BCUT2D eigenvalue weighted by Crippen LogP contribution is -2.25. The Balaban J connectivity index is 2.01. The van der Waals surface area contributed by atoms with Crippen molar-refractivity contribution in [3.63, 3.8) is 0 Å². The lowest BCUT2D eigenvalue weighted by atomic mass is 10.5. The van der Waals surface area contributed by atoms with E-state index in [1.807, 2.05) is 0 Å². The molecule has 0 fully saturated rings. The summed E-state index contributed by atoms with van der Waals surface area (Å²) in [5, 5.41) is 9.12. The van der Waals surface area contributed by atoms with Crippen molar-refractivity contribution < 1.29 is 8.42 Å². The number of nitrogens with zero attached hydrogens (tertiary/aromatic N) is 4. The summed E-state index contributed by atoms with van der Waals surface area (Å²) in [7, 11) is -2.14. The van der Waals surface area contributed by atoms with Gasteiger partial charge in [0.1, 0.15) is 17.8 Å². The average molecular weight is 307 g/mol. The molecule has 21 heavy (non-hydrogen) atoms. The summed E-state index contributed by atoms with van der Waals surface area (Å²) in [5.74, 6) is 0.713. The third-order valence-corrected chi connectivity index (χ3v) is 4.30. The summed E-state index contributed by atoms with van der Waals surface area (Å²) in [5.41, 5.74) is 0.543. The highest BCUT2D eigenvalue weighted by Gasteiger charge is 2.24. The van der Waals surface area contributed by atoms with Crippen LogP contribution < -0.4 is 10.0 Å². The van der Waals surface area contributed by atoms with E-state index in [1.54, 1.807) is 31.4 Å². The first-order chi connectivity index (χ1) is 10.1. The van der Waals surface area contributed by atoms with E-state index in [1.165, 1.54) is 10.7 Å². The number of nitrogens with one attached hydrogen (secondary N) is 3. The molecule has 3 heterocycles. The molecule has 0 unspecified atom stereocenters. The van der Waals surface area contributed by atoms with Gasteiger partial charge >= 0.3 is 0 Å². The van der Waals surface area contributed by atoms with E-state index in [9.17, 15) is 8.42 Å². The first-order valence-corrected chi connectivity index (χ1v) is 7.59. The van der Waals surface area contributed by atoms with Gasteiger partial charge in [0.2, 0.25) is 0 Å². The Morgan fingerprint density at radius 2 is 2.24 bits per heavy atom. The molecule has 9 nitrogen and oxygen atoms in total. The van der Waals surface area contributed by atoms with Crippen molar-refractivity contribution in [2.75, 3.05) is 12.4 Å². The molecule has 0 saturated heterocycles. The van der Waals surface area contributed by atoms with Crippen LogP contribution in [0.2, 0.25) is 0 Å². The maximum Gasteiger partial charge on any atom is 0.260 e. The molecule has 0 spiro atoms. The predicted molar refractivity (Wildman–Crippen MR) is 75.1 cm³/mol. The van der Waals surface area contributed by atoms with Gasteiger partial charge in [-0.1, -0.05) is 6.07 Å². The minimum atomic E-state index is -3.76. The van der Waals surface area contributed by atoms with Crippen molar-refractivity contribution in [2.45, 2.75) is 11.6 Å². The van der Waals surface area contributed by atoms with Crippen LogP contribution in [0.15, 0.2) is 35.7 Å². The summed E-state index contributed by atoms with van der Waals surface area (Å²) in [6.07, 6.45) is 2.96. The summed E-state index contributed by atoms with van der Waals surface area (Å²) in [6, 6.07) is 5.26. The van der Waals surface area contributed by atoms with Gasteiger partial charge in [-0.3, -0.25) is 9.50 Å². The Hall–Kier alpha value is -2.46. The molecule has 3 rings (SSSR count). The molecule has 3 aromatic rings. The highest BCUT2D eigenvalue weighted by molar-refractivity contribution is 7.89. The van der Waals surface area contributed by atoms with Crippen LogP contribution in [0.1, 0.15) is 5.82 Å². The molecular weight excluding hydrogens is 294 g/mol. The number of aromatic nitrogens is 5. The zero-order valence-electron chi connectivity index (χ0n) is 11.1. The van der Waals surface area contributed by atoms with Crippen LogP contribution in [0.3, 0.4) is 0 Å². The lowest BCUT2D eigenvalue weighted by molar-refractivity contribution is 0.575. The van der Waals surface area contributed by atoms with E-state index in [0.29, 0.717) is 11.5 Å². The second-order valence-electron chi connectivity index (χ2n) is 4.20. The van der Waals surface area contributed by atoms with E-state index >= 15 is 0 Å². The largest absolute Gasteiger partial charge is 0.371 e. The minimum absolute atomic E-state index is 0.0194. The quantitative estimate of drug-likeness (QED) is 0.609. The number of hydrogen-bond acceptors (Lipinski definition) is 6. The first-order valence-electron chi connectivity index (χ1n) is 6.10. The number of hydrogen-bond donors (Lipinski definition) is 3. The molecule has 3 N–H and O–H groups in total. The molecule has 110 valence electrons. The zero-order valence-corrected chi connectivity index (χ0v) is 11.9. The summed E-state index contributed by atoms with van der Waals surface area (Å²) in [4.78, 5) is 8.11. The highest BCUT2D eigenvalue weighted by atomic mass is 32.2. The smallest absolute Gasteiger partial charge is 0.260 e. The third-order valence-electron chi connectivity index (χ3n) is 2.87. The molecular formula is C11H13N7O2S. The third kappa shape index (κ3) is 2.45. The Morgan fingerprint density at radius 1 is 1.38 bits per heavy atom. The van der Waals surface area contributed by atoms with Crippen LogP contribution in [-0.2, 0) is 16.6 Å². The van der Waals surface area contributed by atoms with Gasteiger partial charge in [-0.2, -0.15) is 5.10 Å². The number of pyridine rings is 1. The van der Waals surface area contributed by atoms with Crippen LogP contribution in [-0.4, -0.2) is 40.0 Å². The predicted octanol–water partition coefficient (Wildman–Crippen LogP) is -0.0274. The molecule has 0 aliphatic heterocycles. The number of fused-ring (bicyclic) bond motifs is 1. The Morgan fingerprint density at radius 3 is 2.95 bits per heavy atom. The number of anilines is 1. The van der Waals surface area contributed by atoms with Gasteiger partial charge in [0.15, 0.2) is 10.8 Å². The van der Waals surface area contributed by atoms with Gasteiger partial charge in [0, 0.05) is 13.2 Å². The van der Waals surface area contributed by atoms with Gasteiger partial charge in [-0.05, 0) is 12.1 Å². The van der Waals surface area contributed by atoms with Gasteiger partial charge in [0.25, 0.3) is 10.0 Å². The monoisotopic (exact) mass is 307 g/mol. The highest BCUT2D eigenvalue weighted by Crippen LogP contribution is 2.22. The second kappa shape index (κ2) is 5.14. The van der Waals surface area contributed by atoms with Crippen LogP contribution >= 0.6 is 0 Å². The van der Waals surface area contributed by atoms with Crippen LogP contribution in [0, 0.1) is 0 Å². The molecule has 0 saturated carbocycles. The summed E-state index contributed by atoms with van der Waals surface area (Å²) < 4.78 is 29.0. The fourth-order valence-electron chi connectivity index (χ4n) is 1.94. The van der Waals surface area contributed by atoms with Gasteiger partial charge < -0.3 is 5.32 Å². The number of sulfonamides is 1. The molecule has 0 atom stereocenters. The molecule has 0 aromatic carbocycles. The van der Waals surface area contributed by atoms with Crippen molar-refractivity contribution >= 4 is 21.5 Å². The number of H-pyrrole nitrogens is 1. The van der Waals surface area contributed by atoms with Crippen LogP contribution in [0.4, 0.5) is 5.82 Å². The zero-order chi connectivity index (χ0) is 14.9. The van der Waals surface area contributed by atoms with Crippen molar-refractivity contribution in [3.8, 4) is 0 Å². The molecule has 0 aliphatic carbocycles. The number of imidazole rings is 1. The molecule has 0 aliphatic rings. The Bertz CT molecular complexity index is 854. The van der Waals surface area contributed by atoms with Crippen molar-refractivity contribution in [1.29, 1.82) is 0 Å². The summed E-state index contributed by atoms with van der Waals surface area (Å²) in [6.45, 7) is 0.0194. The lowest BCUT2D eigenvalue weighted by Gasteiger charge is -2.07. The maximum absolute atomic E-state index is 12.5. The van der Waals surface area contributed by atoms with Crippen molar-refractivity contribution in [3.05, 3.63) is 36.5 Å². The van der Waals surface area contributed by atoms with Gasteiger partial charge in [-0.15, -0.1) is 0 Å². The molecule has 0 radical (unpaired) electrons. The normalized spacial score (nSPS) is 11.9. The SMILES string of the molecule is CNc1nc2ccccn2c1S(=O)(=O)NCc1ncn[nH]1. The molecule has 10 heteroatoms. The maximum atomic E-state index is 12.5. The fourth-order valence-corrected chi connectivity index (χ4v) is 3.22. The topological polar surface area (TPSA) is 117 Å². The van der Waals surface area contributed by atoms with Crippen LogP contribution in [0.5, 0.6) is 0 Å². The molecule has 0 amide bonds. The van der Waals surface area contributed by atoms with Gasteiger partial charge in [-0.25, -0.2) is 23.1 Å². The van der Waals surface area contributed by atoms with E-state index in [0.717, 1.165) is 0 Å². The standard InChI is InChI=1S/C11H13N7O2S/c1-12-10-11(18-5-3-2-4-9(18)16-10)21(19,20)15-6-8-13-7-14-17-8/h2-5,7,12,15H,6H2,1H3,(H,13,14,17). The summed E-state index contributed by atoms with van der Waals surface area (Å²) >= 11 is 0. The Labute approximate surface area is 120 Å². The van der Waals surface area contributed by atoms with E-state index in [4.69, 9.17) is 0 Å². The van der Waals surface area contributed by atoms with Crippen LogP contribution in [0.25, 0.3) is 5.65 Å². The van der Waals surface area contributed by atoms with E-state index in [2.05, 4.69) is 30.2 Å². The fraction of sp³-hybridized carbons (Fsp3) is 0.182. The number of aromatic amines is 1. The van der Waals surface area contributed by atoms with Gasteiger partial charge in [0.05, 0.1) is 6.54 Å². The van der Waals surface area contributed by atoms with E-state index in [-0.39, 0.29) is 17.4 Å². The molecule has 3 aromatic heterocycles. The van der Waals surface area contributed by atoms with Crippen molar-refractivity contribution in [1.82, 2.24) is 29.3 Å².